The maximum atomic E-state index is 13.5. The van der Waals surface area contributed by atoms with Crippen LogP contribution < -0.4 is 41.9 Å². The number of carbonyl (C=O) groups excluding carboxylic acids is 4. The van der Waals surface area contributed by atoms with Gasteiger partial charge in [-0.2, -0.15) is 10.2 Å². The zero-order chi connectivity index (χ0) is 68.4. The highest BCUT2D eigenvalue weighted by atomic mass is 35.5. The number of methoxy groups -OCH3 is 1. The summed E-state index contributed by atoms with van der Waals surface area (Å²) in [6, 6.07) is 25.8. The van der Waals surface area contributed by atoms with Crippen LogP contribution >= 0.6 is 11.6 Å². The Morgan fingerprint density at radius 3 is 1.45 bits per heavy atom. The lowest BCUT2D eigenvalue weighted by molar-refractivity contribution is -0.275. The van der Waals surface area contributed by atoms with Crippen LogP contribution in [0.4, 0.5) is 24.5 Å². The van der Waals surface area contributed by atoms with Gasteiger partial charge in [0, 0.05) is 114 Å². The van der Waals surface area contributed by atoms with E-state index in [9.17, 15) is 41.9 Å². The molecule has 98 heavy (non-hydrogen) atoms. The van der Waals surface area contributed by atoms with Crippen LogP contribution in [0.3, 0.4) is 0 Å². The largest absolute Gasteiger partial charge is 0.573 e. The highest BCUT2D eigenvalue weighted by molar-refractivity contribution is 6.32. The molecule has 0 spiro atoms. The number of aromatic amines is 2. The van der Waals surface area contributed by atoms with E-state index in [4.69, 9.17) is 16.3 Å². The fraction of sp³-hybridized carbons (Fsp3) is 0.444. The van der Waals surface area contributed by atoms with Gasteiger partial charge in [0.15, 0.2) is 0 Å². The van der Waals surface area contributed by atoms with Crippen LogP contribution in [0.2, 0.25) is 5.02 Å². The van der Waals surface area contributed by atoms with Crippen LogP contribution in [0.5, 0.6) is 11.5 Å². The first kappa shape index (κ1) is 67.7. The molecule has 2 atom stereocenters. The molecule has 8 aromatic rings. The van der Waals surface area contributed by atoms with Gasteiger partial charge in [-0.1, -0.05) is 48.0 Å². The van der Waals surface area contributed by atoms with Crippen LogP contribution in [0.25, 0.3) is 44.1 Å². The minimum atomic E-state index is -4.85. The van der Waals surface area contributed by atoms with E-state index in [1.807, 2.05) is 30.5 Å². The number of hydrogen-bond donors (Lipinski definition) is 6. The van der Waals surface area contributed by atoms with Gasteiger partial charge >= 0.3 is 6.36 Å². The predicted molar refractivity (Wildman–Crippen MR) is 368 cm³/mol. The number of piperidine rings is 6. The number of ether oxygens (including phenoxy) is 2. The van der Waals surface area contributed by atoms with Gasteiger partial charge in [-0.25, -0.2) is 0 Å². The second-order valence-electron chi connectivity index (χ2n) is 26.9. The Kier molecular flexibility index (Phi) is 20.2. The van der Waals surface area contributed by atoms with E-state index in [2.05, 4.69) is 102 Å². The van der Waals surface area contributed by atoms with Crippen LogP contribution in [0, 0.1) is 0 Å². The number of benzene rings is 4. The fourth-order valence-electron chi connectivity index (χ4n) is 15.3. The zero-order valence-electron chi connectivity index (χ0n) is 55.2. The number of alkyl halides is 3. The van der Waals surface area contributed by atoms with E-state index in [0.29, 0.717) is 88.8 Å². The molecule has 2 unspecified atom stereocenters. The summed E-state index contributed by atoms with van der Waals surface area (Å²) in [5, 5.41) is 26.8. The second-order valence-corrected chi connectivity index (χ2v) is 27.3. The van der Waals surface area contributed by atoms with Crippen molar-refractivity contribution in [1.82, 2.24) is 59.8 Å². The summed E-state index contributed by atoms with van der Waals surface area (Å²) >= 11 is 6.92. The Hall–Kier alpha value is -8.88. The number of fused-ring (bicyclic) bond motifs is 2. The summed E-state index contributed by atoms with van der Waals surface area (Å²) < 4.78 is 54.0. The Morgan fingerprint density at radius 1 is 0.551 bits per heavy atom. The number of aryl methyl sites for hydroxylation is 2. The normalized spacial score (nSPS) is 20.3. The van der Waals surface area contributed by atoms with Crippen LogP contribution in [0.15, 0.2) is 113 Å². The number of halogens is 4. The third kappa shape index (κ3) is 15.4. The van der Waals surface area contributed by atoms with Crippen molar-refractivity contribution in [3.63, 3.8) is 0 Å². The molecule has 26 heteroatoms. The molecule has 4 amide bonds. The number of amides is 4. The van der Waals surface area contributed by atoms with Gasteiger partial charge in [0.2, 0.25) is 23.6 Å². The quantitative estimate of drug-likeness (QED) is 0.0493. The van der Waals surface area contributed by atoms with Gasteiger partial charge in [0.05, 0.1) is 19.5 Å². The lowest BCUT2D eigenvalue weighted by Crippen LogP contribution is -2.47. The Labute approximate surface area is 569 Å². The summed E-state index contributed by atoms with van der Waals surface area (Å²) in [7, 11) is 5.00. The molecule has 6 aliphatic heterocycles. The molecular weight excluding hydrogens is 1280 g/mol. The third-order valence-electron chi connectivity index (χ3n) is 20.8. The molecule has 6 aliphatic rings. The lowest BCUT2D eigenvalue weighted by atomic mass is 9.88. The molecule has 516 valence electrons. The predicted octanol–water partition coefficient (Wildman–Crippen LogP) is 9.54. The molecule has 4 aromatic heterocycles. The molecule has 4 aromatic carbocycles. The van der Waals surface area contributed by atoms with E-state index in [1.54, 1.807) is 50.3 Å². The van der Waals surface area contributed by atoms with Crippen molar-refractivity contribution in [2.45, 2.75) is 133 Å². The van der Waals surface area contributed by atoms with Crippen molar-refractivity contribution >= 4 is 68.4 Å². The summed E-state index contributed by atoms with van der Waals surface area (Å²) in [4.78, 5) is 81.9. The first-order valence-corrected chi connectivity index (χ1v) is 34.3. The molecule has 0 radical (unpaired) electrons. The number of rotatable bonds is 16. The lowest BCUT2D eigenvalue weighted by Gasteiger charge is -2.42. The molecule has 0 aliphatic carbocycles. The number of hydrogen-bond acceptors (Lipinski definition) is 16. The maximum absolute atomic E-state index is 13.5. The van der Waals surface area contributed by atoms with Gasteiger partial charge in [-0.05, 0) is 193 Å². The standard InChI is InChI=1S/C36H42ClN7O4.C36H40F3N7O4/c1-42-20-28(27-19-38-41-34(27)36(42)47)24-17-30(37)29(32(18-24)48-2)21-43-13-11-26(12-14-43)44-15-9-23(10-16-44)22-3-5-25(6-4-22)39-31-7-8-33(45)40-35(31)46;1-44-21-29(28-19-40-43-33(28)35(44)49)24-2-3-25(31(18-24)50-36(37,38)39)20-45-14-12-27(13-15-45)46-16-10-23(11-17-46)22-4-6-26(7-5-22)41-30-8-9-32(47)42-34(30)48/h3-6,17-20,23,26,31,39H,7-16,21H2,1-2H3,(H,38,41)(H,40,45,46);2-7,18-19,21,23,27,30,41H,8-17,20H2,1H3,(H,40,43)(H,42,47,48). The number of H-pyrrole nitrogens is 2. The molecule has 14 rings (SSSR count). The van der Waals surface area contributed by atoms with Crippen LogP contribution in [-0.4, -0.2) is 163 Å². The van der Waals surface area contributed by atoms with Crippen LogP contribution in [0.1, 0.15) is 111 Å². The Morgan fingerprint density at radius 2 is 1.00 bits per heavy atom. The van der Waals surface area contributed by atoms with Crippen molar-refractivity contribution < 1.29 is 41.8 Å². The van der Waals surface area contributed by atoms with Gasteiger partial charge in [-0.15, -0.1) is 13.2 Å². The van der Waals surface area contributed by atoms with Gasteiger partial charge in [-0.3, -0.25) is 59.4 Å². The molecule has 0 saturated carbocycles. The van der Waals surface area contributed by atoms with Gasteiger partial charge in [0.1, 0.15) is 34.6 Å². The molecular formula is C72H82ClF3N14O8. The molecule has 0 bridgehead atoms. The summed E-state index contributed by atoms with van der Waals surface area (Å²) in [5.74, 6) is 0.528. The second kappa shape index (κ2) is 29.3. The first-order valence-electron chi connectivity index (χ1n) is 33.9. The minimum absolute atomic E-state index is 0.124. The minimum Gasteiger partial charge on any atom is -0.496 e. The van der Waals surface area contributed by atoms with Gasteiger partial charge in [0.25, 0.3) is 11.1 Å². The molecule has 22 nitrogen and oxygen atoms in total. The summed E-state index contributed by atoms with van der Waals surface area (Å²) in [6.45, 7) is 8.80. The zero-order valence-corrected chi connectivity index (χ0v) is 55.9. The van der Waals surface area contributed by atoms with Crippen molar-refractivity contribution in [1.29, 1.82) is 0 Å². The fourth-order valence-corrected chi connectivity index (χ4v) is 15.5. The van der Waals surface area contributed by atoms with E-state index in [1.165, 1.54) is 28.0 Å². The molecule has 6 fully saturated rings. The highest BCUT2D eigenvalue weighted by Gasteiger charge is 2.36. The number of likely N-dealkylation sites (tertiary alicyclic amines) is 4. The SMILES string of the molecule is COc1cc(-c2cn(C)c(=O)c3[nH]ncc23)cc(Cl)c1CN1CCC(N2CCC(c3ccc(NC4CCC(=O)NC4=O)cc3)CC2)CC1.Cn1cc(-c2ccc(CN3CCC(N4CCC(c5ccc(NC6CCC(=O)NC6=O)cc5)CC4)CC3)c(OC(F)(F)F)c2)c2cn[nH]c2c1=O. The number of pyridine rings is 2. The van der Waals surface area contributed by atoms with Crippen molar-refractivity contribution in [2.75, 3.05) is 70.1 Å². The molecule has 6 N–H and O–H groups in total. The van der Waals surface area contributed by atoms with E-state index >= 15 is 0 Å². The van der Waals surface area contributed by atoms with E-state index in [0.717, 1.165) is 149 Å². The number of imide groups is 2. The Bertz CT molecular complexity index is 4350. The molecule has 10 heterocycles. The van der Waals surface area contributed by atoms with E-state index < -0.39 is 12.4 Å². The number of nitrogens with one attached hydrogen (secondary N) is 6. The molecule has 6 saturated heterocycles. The number of carbonyl (C=O) groups is 4. The van der Waals surface area contributed by atoms with Crippen molar-refractivity contribution in [3.05, 3.63) is 152 Å². The number of anilines is 2. The average molecular weight is 1360 g/mol. The van der Waals surface area contributed by atoms with E-state index in [-0.39, 0.29) is 52.1 Å². The Balaban J connectivity index is 0.000000177. The van der Waals surface area contributed by atoms with Crippen molar-refractivity contribution in [3.8, 4) is 33.8 Å². The monoisotopic (exact) mass is 1360 g/mol. The summed E-state index contributed by atoms with van der Waals surface area (Å²) in [6.07, 6.45) is 12.0. The topological polar surface area (TPSA) is 249 Å². The number of nitrogens with zero attached hydrogens (tertiary/aromatic N) is 8. The van der Waals surface area contributed by atoms with Crippen LogP contribution in [-0.2, 0) is 46.4 Å². The number of aromatic nitrogens is 6. The first-order chi connectivity index (χ1) is 47.3. The van der Waals surface area contributed by atoms with Crippen molar-refractivity contribution in [2.24, 2.45) is 14.1 Å². The smallest absolute Gasteiger partial charge is 0.496 e. The van der Waals surface area contributed by atoms with Gasteiger partial charge < -0.3 is 39.0 Å². The average Bonchev–Trinajstić information content (AvgIpc) is 1.42. The third-order valence-corrected chi connectivity index (χ3v) is 21.1. The maximum Gasteiger partial charge on any atom is 0.573 e. The summed E-state index contributed by atoms with van der Waals surface area (Å²) in [5.41, 5.74) is 9.02. The highest BCUT2D eigenvalue weighted by Crippen LogP contribution is 2.40.